The van der Waals surface area contributed by atoms with Crippen molar-refractivity contribution in [2.24, 2.45) is 5.18 Å². The molecule has 1 heterocycles. The van der Waals surface area contributed by atoms with Gasteiger partial charge in [-0.2, -0.15) is 4.91 Å². The molecule has 2 N–H and O–H groups in total. The van der Waals surface area contributed by atoms with Gasteiger partial charge in [-0.15, -0.1) is 0 Å². The van der Waals surface area contributed by atoms with Crippen LogP contribution >= 0.6 is 0 Å². The number of hydrogen-bond acceptors (Lipinski definition) is 6. The Bertz CT molecular complexity index is 689. The van der Waals surface area contributed by atoms with Gasteiger partial charge in [0.25, 0.3) is 5.91 Å². The van der Waals surface area contributed by atoms with Gasteiger partial charge in [0.1, 0.15) is 0 Å². The number of oxazole rings is 1. The maximum atomic E-state index is 12.2. The van der Waals surface area contributed by atoms with Crippen LogP contribution in [0.5, 0.6) is 0 Å². The Morgan fingerprint density at radius 3 is 2.91 bits per heavy atom. The van der Waals surface area contributed by atoms with Crippen molar-refractivity contribution in [3.63, 3.8) is 0 Å². The second kappa shape index (κ2) is 6.45. The van der Waals surface area contributed by atoms with Crippen molar-refractivity contribution in [2.45, 2.75) is 44.7 Å². The minimum atomic E-state index is -0.281. The van der Waals surface area contributed by atoms with E-state index in [4.69, 9.17) is 4.42 Å². The molecule has 1 aromatic rings. The molecular formula is C16H20N4O3. The highest BCUT2D eigenvalue weighted by molar-refractivity contribution is 5.92. The van der Waals surface area contributed by atoms with E-state index in [0.29, 0.717) is 31.2 Å². The number of carbonyl (C=O) groups is 1. The molecule has 1 amide bonds. The summed E-state index contributed by atoms with van der Waals surface area (Å²) in [5, 5.41) is 9.10. The van der Waals surface area contributed by atoms with Crippen LogP contribution in [0.2, 0.25) is 0 Å². The molecule has 7 nitrogen and oxygen atoms in total. The predicted octanol–water partition coefficient (Wildman–Crippen LogP) is 2.37. The number of rotatable bonds is 5. The second-order valence-corrected chi connectivity index (χ2v) is 5.95. The van der Waals surface area contributed by atoms with E-state index >= 15 is 0 Å². The molecule has 0 fully saturated rings. The maximum absolute atomic E-state index is 12.2. The molecule has 23 heavy (non-hydrogen) atoms. The van der Waals surface area contributed by atoms with E-state index in [0.717, 1.165) is 23.3 Å². The van der Waals surface area contributed by atoms with Gasteiger partial charge in [-0.25, -0.2) is 4.98 Å². The van der Waals surface area contributed by atoms with Gasteiger partial charge < -0.3 is 15.1 Å². The van der Waals surface area contributed by atoms with Gasteiger partial charge in [0, 0.05) is 23.7 Å². The zero-order valence-corrected chi connectivity index (χ0v) is 13.3. The fraction of sp³-hybridized carbons (Fsp3) is 0.500. The minimum Gasteiger partial charge on any atom is -0.431 e. The van der Waals surface area contributed by atoms with Crippen LogP contribution in [0.25, 0.3) is 5.57 Å². The molecule has 2 atom stereocenters. The SMILES string of the molecule is CNC1CC(NC(=O)c2cnc(C3=CCC(N=O)CC3)o2)=C1C. The first kappa shape index (κ1) is 15.6. The summed E-state index contributed by atoms with van der Waals surface area (Å²) in [4.78, 5) is 26.9. The van der Waals surface area contributed by atoms with Gasteiger partial charge in [0.15, 0.2) is 0 Å². The van der Waals surface area contributed by atoms with Crippen LogP contribution in [0.4, 0.5) is 0 Å². The average molecular weight is 316 g/mol. The van der Waals surface area contributed by atoms with Gasteiger partial charge in [-0.3, -0.25) is 4.79 Å². The van der Waals surface area contributed by atoms with Crippen molar-refractivity contribution in [1.82, 2.24) is 15.6 Å². The minimum absolute atomic E-state index is 0.162. The summed E-state index contributed by atoms with van der Waals surface area (Å²) in [6.45, 7) is 2.00. The van der Waals surface area contributed by atoms with Crippen molar-refractivity contribution in [1.29, 1.82) is 0 Å². The van der Waals surface area contributed by atoms with Crippen LogP contribution in [0.15, 0.2) is 33.1 Å². The third-order valence-corrected chi connectivity index (χ3v) is 4.56. The highest BCUT2D eigenvalue weighted by Crippen LogP contribution is 2.29. The topological polar surface area (TPSA) is 96.6 Å². The van der Waals surface area contributed by atoms with E-state index in [2.05, 4.69) is 20.8 Å². The quantitative estimate of drug-likeness (QED) is 0.813. The fourth-order valence-electron chi connectivity index (χ4n) is 2.90. The number of allylic oxidation sites excluding steroid dienone is 1. The average Bonchev–Trinajstić information content (AvgIpc) is 3.08. The molecule has 7 heteroatoms. The molecule has 0 radical (unpaired) electrons. The first-order chi connectivity index (χ1) is 11.1. The lowest BCUT2D eigenvalue weighted by Crippen LogP contribution is -2.41. The Hall–Kier alpha value is -2.28. The highest BCUT2D eigenvalue weighted by Gasteiger charge is 2.27. The van der Waals surface area contributed by atoms with E-state index in [1.807, 2.05) is 20.0 Å². The highest BCUT2D eigenvalue weighted by atomic mass is 16.4. The zero-order chi connectivity index (χ0) is 16.4. The van der Waals surface area contributed by atoms with E-state index in [1.165, 1.54) is 6.20 Å². The van der Waals surface area contributed by atoms with Crippen LogP contribution < -0.4 is 10.6 Å². The summed E-state index contributed by atoms with van der Waals surface area (Å²) in [7, 11) is 1.90. The van der Waals surface area contributed by atoms with Crippen molar-refractivity contribution < 1.29 is 9.21 Å². The summed E-state index contributed by atoms with van der Waals surface area (Å²) in [5.74, 6) is 0.369. The van der Waals surface area contributed by atoms with Gasteiger partial charge >= 0.3 is 0 Å². The first-order valence-corrected chi connectivity index (χ1v) is 7.78. The number of carbonyl (C=O) groups excluding carboxylic acids is 1. The molecule has 2 aliphatic carbocycles. The zero-order valence-electron chi connectivity index (χ0n) is 13.3. The van der Waals surface area contributed by atoms with E-state index in [9.17, 15) is 9.70 Å². The summed E-state index contributed by atoms with van der Waals surface area (Å²) in [5.41, 5.74) is 3.00. The molecule has 3 rings (SSSR count). The van der Waals surface area contributed by atoms with Crippen LogP contribution in [-0.2, 0) is 0 Å². The molecule has 2 aliphatic rings. The van der Waals surface area contributed by atoms with Crippen molar-refractivity contribution in [3.05, 3.63) is 40.1 Å². The van der Waals surface area contributed by atoms with Crippen LogP contribution in [0.3, 0.4) is 0 Å². The third kappa shape index (κ3) is 3.10. The lowest BCUT2D eigenvalue weighted by molar-refractivity contribution is 0.0933. The maximum Gasteiger partial charge on any atom is 0.292 e. The number of likely N-dealkylation sites (N-methyl/N-ethyl adjacent to an activating group) is 1. The van der Waals surface area contributed by atoms with Crippen LogP contribution in [0.1, 0.15) is 49.1 Å². The largest absolute Gasteiger partial charge is 0.431 e. The number of aromatic nitrogens is 1. The molecule has 0 bridgehead atoms. The smallest absolute Gasteiger partial charge is 0.292 e. The normalized spacial score (nSPS) is 24.0. The third-order valence-electron chi connectivity index (χ3n) is 4.56. The van der Waals surface area contributed by atoms with Gasteiger partial charge in [0.2, 0.25) is 11.7 Å². The Balaban J connectivity index is 1.66. The second-order valence-electron chi connectivity index (χ2n) is 5.95. The molecule has 122 valence electrons. The fourth-order valence-corrected chi connectivity index (χ4v) is 2.90. The predicted molar refractivity (Wildman–Crippen MR) is 85.5 cm³/mol. The molecule has 0 saturated heterocycles. The first-order valence-electron chi connectivity index (χ1n) is 7.78. The van der Waals surface area contributed by atoms with E-state index in [1.54, 1.807) is 0 Å². The molecule has 0 aromatic carbocycles. The summed E-state index contributed by atoms with van der Waals surface area (Å²) in [6, 6.07) is 0.174. The van der Waals surface area contributed by atoms with E-state index in [-0.39, 0.29) is 17.7 Å². The summed E-state index contributed by atoms with van der Waals surface area (Å²) < 4.78 is 5.57. The molecule has 2 unspecified atom stereocenters. The van der Waals surface area contributed by atoms with Crippen molar-refractivity contribution in [3.8, 4) is 0 Å². The molecule has 1 aromatic heterocycles. The number of hydrogen-bond donors (Lipinski definition) is 2. The summed E-state index contributed by atoms with van der Waals surface area (Å²) in [6.07, 6.45) is 6.14. The van der Waals surface area contributed by atoms with Crippen LogP contribution in [0, 0.1) is 4.91 Å². The number of amides is 1. The number of nitroso groups, excluding NO2 is 1. The lowest BCUT2D eigenvalue weighted by Gasteiger charge is -2.31. The molecule has 0 aliphatic heterocycles. The van der Waals surface area contributed by atoms with Crippen molar-refractivity contribution >= 4 is 11.5 Å². The summed E-state index contributed by atoms with van der Waals surface area (Å²) >= 11 is 0. The van der Waals surface area contributed by atoms with Gasteiger partial charge in [-0.05, 0) is 38.8 Å². The number of nitrogens with one attached hydrogen (secondary N) is 2. The number of nitrogens with zero attached hydrogens (tertiary/aromatic N) is 2. The Kier molecular flexibility index (Phi) is 4.38. The van der Waals surface area contributed by atoms with Crippen LogP contribution in [-0.4, -0.2) is 30.0 Å². The Labute approximate surface area is 134 Å². The Morgan fingerprint density at radius 2 is 2.30 bits per heavy atom. The van der Waals surface area contributed by atoms with Gasteiger partial charge in [-0.1, -0.05) is 11.3 Å². The Morgan fingerprint density at radius 1 is 1.48 bits per heavy atom. The molecule has 0 spiro atoms. The molecule has 0 saturated carbocycles. The molecular weight excluding hydrogens is 296 g/mol. The standard InChI is InChI=1S/C16H20N4O3/c1-9-12(17-2)7-13(9)19-15(21)14-8-18-16(23-14)10-3-5-11(20-22)6-4-10/h3,8,11-12,17H,4-7H2,1-2H3,(H,19,21). The van der Waals surface area contributed by atoms with Gasteiger partial charge in [0.05, 0.1) is 12.2 Å². The van der Waals surface area contributed by atoms with Crippen molar-refractivity contribution in [2.75, 3.05) is 7.05 Å². The lowest BCUT2D eigenvalue weighted by atomic mass is 9.89. The monoisotopic (exact) mass is 316 g/mol. The van der Waals surface area contributed by atoms with E-state index < -0.39 is 0 Å².